The first kappa shape index (κ1) is 12.2. The Labute approximate surface area is 115 Å². The van der Waals surface area contributed by atoms with E-state index in [9.17, 15) is 10.2 Å². The third-order valence-corrected chi connectivity index (χ3v) is 2.99. The second-order valence-electron chi connectivity index (χ2n) is 4.47. The highest BCUT2D eigenvalue weighted by atomic mass is 16.5. The number of nitrogens with zero attached hydrogens (tertiary/aromatic N) is 2. The third-order valence-electron chi connectivity index (χ3n) is 2.99. The molecule has 5 nitrogen and oxygen atoms in total. The van der Waals surface area contributed by atoms with Gasteiger partial charge in [0.05, 0.1) is 0 Å². The summed E-state index contributed by atoms with van der Waals surface area (Å²) in [6, 6.07) is 11.8. The number of hydrogen-bond donors (Lipinski definition) is 2. The molecule has 1 heterocycles. The summed E-state index contributed by atoms with van der Waals surface area (Å²) in [7, 11) is 0. The molecule has 0 atom stereocenters. The van der Waals surface area contributed by atoms with Crippen molar-refractivity contribution in [2.24, 2.45) is 0 Å². The Morgan fingerprint density at radius 3 is 2.60 bits per heavy atom. The van der Waals surface area contributed by atoms with Crippen LogP contribution < -0.4 is 0 Å². The minimum absolute atomic E-state index is 0.141. The maximum atomic E-state index is 9.70. The fraction of sp³-hybridized carbons (Fsp3) is 0.0667. The minimum atomic E-state index is 0.141. The van der Waals surface area contributed by atoms with Crippen molar-refractivity contribution in [3.63, 3.8) is 0 Å². The van der Waals surface area contributed by atoms with E-state index in [1.807, 2.05) is 6.92 Å². The summed E-state index contributed by atoms with van der Waals surface area (Å²) in [5, 5.41) is 23.0. The number of benzene rings is 2. The Kier molecular flexibility index (Phi) is 2.87. The number of hydrogen-bond acceptors (Lipinski definition) is 5. The van der Waals surface area contributed by atoms with Gasteiger partial charge in [0.15, 0.2) is 0 Å². The highest BCUT2D eigenvalue weighted by molar-refractivity contribution is 5.62. The molecule has 0 unspecified atom stereocenters. The largest absolute Gasteiger partial charge is 0.508 e. The average Bonchev–Trinajstić information content (AvgIpc) is 2.92. The van der Waals surface area contributed by atoms with Gasteiger partial charge >= 0.3 is 0 Å². The topological polar surface area (TPSA) is 79.4 Å². The van der Waals surface area contributed by atoms with Crippen molar-refractivity contribution in [3.05, 3.63) is 48.0 Å². The first-order valence-corrected chi connectivity index (χ1v) is 6.06. The van der Waals surface area contributed by atoms with Gasteiger partial charge in [-0.1, -0.05) is 23.4 Å². The van der Waals surface area contributed by atoms with Crippen LogP contribution >= 0.6 is 0 Å². The SMILES string of the molecule is Cc1ccc(-c2nc(-c3cccc(O)c3)no2)cc1O. The molecule has 0 spiro atoms. The van der Waals surface area contributed by atoms with Gasteiger partial charge in [-0.3, -0.25) is 0 Å². The second-order valence-corrected chi connectivity index (χ2v) is 4.47. The van der Waals surface area contributed by atoms with Crippen molar-refractivity contribution in [2.45, 2.75) is 6.92 Å². The zero-order chi connectivity index (χ0) is 14.1. The quantitative estimate of drug-likeness (QED) is 0.746. The van der Waals surface area contributed by atoms with Crippen molar-refractivity contribution >= 4 is 0 Å². The van der Waals surface area contributed by atoms with E-state index in [4.69, 9.17) is 4.52 Å². The lowest BCUT2D eigenvalue weighted by atomic mass is 10.1. The molecule has 3 aromatic rings. The van der Waals surface area contributed by atoms with E-state index in [2.05, 4.69) is 10.1 Å². The van der Waals surface area contributed by atoms with Crippen molar-refractivity contribution < 1.29 is 14.7 Å². The summed E-state index contributed by atoms with van der Waals surface area (Å²) in [5.74, 6) is 1.02. The number of aromatic nitrogens is 2. The van der Waals surface area contributed by atoms with Crippen LogP contribution in [0.15, 0.2) is 47.0 Å². The Morgan fingerprint density at radius 2 is 1.85 bits per heavy atom. The minimum Gasteiger partial charge on any atom is -0.508 e. The Morgan fingerprint density at radius 1 is 1.00 bits per heavy atom. The summed E-state index contributed by atoms with van der Waals surface area (Å²) in [6.07, 6.45) is 0. The summed E-state index contributed by atoms with van der Waals surface area (Å²) >= 11 is 0. The molecule has 5 heteroatoms. The molecule has 0 radical (unpaired) electrons. The molecular formula is C15H12N2O3. The molecule has 0 saturated heterocycles. The highest BCUT2D eigenvalue weighted by Gasteiger charge is 2.12. The average molecular weight is 268 g/mol. The first-order valence-electron chi connectivity index (χ1n) is 6.06. The zero-order valence-electron chi connectivity index (χ0n) is 10.7. The molecule has 0 amide bonds. The van der Waals surface area contributed by atoms with Crippen molar-refractivity contribution in [3.8, 4) is 34.3 Å². The molecule has 0 aliphatic carbocycles. The molecule has 0 fully saturated rings. The second kappa shape index (κ2) is 4.70. The lowest BCUT2D eigenvalue weighted by molar-refractivity contribution is 0.431. The van der Waals surface area contributed by atoms with Gasteiger partial charge in [0, 0.05) is 11.1 Å². The van der Waals surface area contributed by atoms with E-state index in [0.29, 0.717) is 22.8 Å². The predicted molar refractivity (Wildman–Crippen MR) is 73.2 cm³/mol. The van der Waals surface area contributed by atoms with E-state index in [1.54, 1.807) is 42.5 Å². The number of phenols is 2. The Balaban J connectivity index is 1.99. The molecule has 20 heavy (non-hydrogen) atoms. The molecule has 2 aromatic carbocycles. The van der Waals surface area contributed by atoms with Crippen molar-refractivity contribution in [1.82, 2.24) is 10.1 Å². The van der Waals surface area contributed by atoms with E-state index in [0.717, 1.165) is 5.56 Å². The maximum absolute atomic E-state index is 9.70. The normalized spacial score (nSPS) is 10.7. The van der Waals surface area contributed by atoms with Crippen LogP contribution in [0, 0.1) is 6.92 Å². The van der Waals surface area contributed by atoms with Gasteiger partial charge in [-0.2, -0.15) is 4.98 Å². The van der Waals surface area contributed by atoms with Gasteiger partial charge in [0.25, 0.3) is 5.89 Å². The number of aryl methyl sites for hydroxylation is 1. The third kappa shape index (κ3) is 2.21. The zero-order valence-corrected chi connectivity index (χ0v) is 10.7. The summed E-state index contributed by atoms with van der Waals surface area (Å²) in [6.45, 7) is 1.81. The smallest absolute Gasteiger partial charge is 0.258 e. The molecule has 0 saturated carbocycles. The van der Waals surface area contributed by atoms with E-state index in [-0.39, 0.29) is 11.5 Å². The number of aromatic hydroxyl groups is 2. The fourth-order valence-corrected chi connectivity index (χ4v) is 1.85. The highest BCUT2D eigenvalue weighted by Crippen LogP contribution is 2.27. The monoisotopic (exact) mass is 268 g/mol. The van der Waals surface area contributed by atoms with Gasteiger partial charge in [-0.25, -0.2) is 0 Å². The Hall–Kier alpha value is -2.82. The molecule has 3 rings (SSSR count). The van der Waals surface area contributed by atoms with Crippen LogP contribution in [-0.2, 0) is 0 Å². The number of rotatable bonds is 2. The van der Waals surface area contributed by atoms with Crippen LogP contribution in [0.25, 0.3) is 22.8 Å². The van der Waals surface area contributed by atoms with Crippen molar-refractivity contribution in [1.29, 1.82) is 0 Å². The van der Waals surface area contributed by atoms with Gasteiger partial charge in [-0.05, 0) is 36.8 Å². The van der Waals surface area contributed by atoms with Crippen LogP contribution in [0.2, 0.25) is 0 Å². The van der Waals surface area contributed by atoms with Crippen LogP contribution in [0.1, 0.15) is 5.56 Å². The van der Waals surface area contributed by atoms with E-state index >= 15 is 0 Å². The molecular weight excluding hydrogens is 256 g/mol. The van der Waals surface area contributed by atoms with Crippen LogP contribution in [0.4, 0.5) is 0 Å². The summed E-state index contributed by atoms with van der Waals surface area (Å²) < 4.78 is 5.19. The lowest BCUT2D eigenvalue weighted by Gasteiger charge is -1.99. The van der Waals surface area contributed by atoms with Gasteiger partial charge in [0.1, 0.15) is 11.5 Å². The molecule has 0 aliphatic rings. The summed E-state index contributed by atoms with van der Waals surface area (Å²) in [5.41, 5.74) is 2.09. The van der Waals surface area contributed by atoms with Crippen molar-refractivity contribution in [2.75, 3.05) is 0 Å². The van der Waals surface area contributed by atoms with E-state index < -0.39 is 0 Å². The van der Waals surface area contributed by atoms with Crippen LogP contribution in [0.5, 0.6) is 11.5 Å². The first-order chi connectivity index (χ1) is 9.63. The van der Waals surface area contributed by atoms with Gasteiger partial charge in [0.2, 0.25) is 5.82 Å². The fourth-order valence-electron chi connectivity index (χ4n) is 1.85. The molecule has 0 aliphatic heterocycles. The lowest BCUT2D eigenvalue weighted by Crippen LogP contribution is -1.82. The number of phenolic OH excluding ortho intramolecular Hbond substituents is 2. The maximum Gasteiger partial charge on any atom is 0.258 e. The van der Waals surface area contributed by atoms with Gasteiger partial charge < -0.3 is 14.7 Å². The van der Waals surface area contributed by atoms with Crippen LogP contribution in [0.3, 0.4) is 0 Å². The Bertz CT molecular complexity index is 765. The molecule has 1 aromatic heterocycles. The standard InChI is InChI=1S/C15H12N2O3/c1-9-5-6-11(8-13(9)19)15-16-14(17-20-15)10-3-2-4-12(18)7-10/h2-8,18-19H,1H3. The summed E-state index contributed by atoms with van der Waals surface area (Å²) in [4.78, 5) is 4.26. The molecule has 2 N–H and O–H groups in total. The predicted octanol–water partition coefficient (Wildman–Crippen LogP) is 3.12. The molecule has 0 bridgehead atoms. The molecule has 100 valence electrons. The van der Waals surface area contributed by atoms with Crippen LogP contribution in [-0.4, -0.2) is 20.4 Å². The van der Waals surface area contributed by atoms with E-state index in [1.165, 1.54) is 0 Å². The van der Waals surface area contributed by atoms with Gasteiger partial charge in [-0.15, -0.1) is 0 Å².